The summed E-state index contributed by atoms with van der Waals surface area (Å²) in [5, 5.41) is 10.8. The largest absolute Gasteiger partial charge is 0.349 e. The Hall–Kier alpha value is -3.36. The van der Waals surface area contributed by atoms with Crippen LogP contribution in [0, 0.1) is 0 Å². The van der Waals surface area contributed by atoms with E-state index in [4.69, 9.17) is 11.6 Å². The Morgan fingerprint density at radius 3 is 2.36 bits per heavy atom. The third kappa shape index (κ3) is 5.91. The number of urea groups is 1. The highest BCUT2D eigenvalue weighted by molar-refractivity contribution is 7.12. The van der Waals surface area contributed by atoms with Crippen LogP contribution in [-0.2, 0) is 0 Å². The van der Waals surface area contributed by atoms with Crippen LogP contribution in [0.3, 0.4) is 0 Å². The average molecular weight is 483 g/mol. The molecule has 3 aromatic rings. The fraction of sp³-hybridized carbons (Fsp3) is 0.208. The molecule has 1 aliphatic heterocycles. The maximum absolute atomic E-state index is 12.8. The molecular formula is C24H23ClN4O3S. The number of halogens is 1. The fourth-order valence-corrected chi connectivity index (χ4v) is 4.36. The lowest BCUT2D eigenvalue weighted by molar-refractivity contribution is 0.0918. The van der Waals surface area contributed by atoms with Crippen LogP contribution >= 0.6 is 22.9 Å². The molecule has 0 unspecified atom stereocenters. The van der Waals surface area contributed by atoms with Gasteiger partial charge in [0.2, 0.25) is 0 Å². The van der Waals surface area contributed by atoms with Gasteiger partial charge in [-0.2, -0.15) is 0 Å². The Labute approximate surface area is 200 Å². The highest BCUT2D eigenvalue weighted by atomic mass is 35.5. The molecule has 0 spiro atoms. The zero-order chi connectivity index (χ0) is 23.2. The number of benzene rings is 2. The van der Waals surface area contributed by atoms with E-state index in [0.717, 1.165) is 5.69 Å². The number of nitrogens with zero attached hydrogens (tertiary/aromatic N) is 1. The first-order valence-electron chi connectivity index (χ1n) is 10.6. The minimum atomic E-state index is -0.273. The van der Waals surface area contributed by atoms with Crippen molar-refractivity contribution in [2.75, 3.05) is 23.7 Å². The molecule has 0 saturated carbocycles. The molecular weight excluding hydrogens is 460 g/mol. The van der Waals surface area contributed by atoms with Crippen LogP contribution in [-0.4, -0.2) is 41.9 Å². The maximum Gasteiger partial charge on any atom is 0.321 e. The Morgan fingerprint density at radius 1 is 0.909 bits per heavy atom. The Bertz CT molecular complexity index is 1130. The SMILES string of the molecule is O=C(NC1CCN(C(=O)Nc2ccccc2)CC1)c1ccc(Cl)c(NC(=O)c2cccs2)c1. The zero-order valence-electron chi connectivity index (χ0n) is 17.7. The molecule has 0 aliphatic carbocycles. The lowest BCUT2D eigenvalue weighted by Crippen LogP contribution is -2.47. The van der Waals surface area contributed by atoms with Gasteiger partial charge in [0.15, 0.2) is 0 Å². The third-order valence-electron chi connectivity index (χ3n) is 5.36. The van der Waals surface area contributed by atoms with Gasteiger partial charge in [-0.25, -0.2) is 4.79 Å². The van der Waals surface area contributed by atoms with Crippen LogP contribution in [0.5, 0.6) is 0 Å². The van der Waals surface area contributed by atoms with Crippen LogP contribution < -0.4 is 16.0 Å². The van der Waals surface area contributed by atoms with Crippen molar-refractivity contribution < 1.29 is 14.4 Å². The van der Waals surface area contributed by atoms with E-state index in [1.807, 2.05) is 35.7 Å². The molecule has 3 N–H and O–H groups in total. The summed E-state index contributed by atoms with van der Waals surface area (Å²) >= 11 is 7.54. The quantitative estimate of drug-likeness (QED) is 0.473. The predicted octanol–water partition coefficient (Wildman–Crippen LogP) is 5.08. The highest BCUT2D eigenvalue weighted by Crippen LogP contribution is 2.25. The van der Waals surface area contributed by atoms with Crippen LogP contribution in [0.25, 0.3) is 0 Å². The molecule has 33 heavy (non-hydrogen) atoms. The van der Waals surface area contributed by atoms with Crippen molar-refractivity contribution in [3.8, 4) is 0 Å². The smallest absolute Gasteiger partial charge is 0.321 e. The van der Waals surface area contributed by atoms with Crippen LogP contribution in [0.4, 0.5) is 16.2 Å². The maximum atomic E-state index is 12.8. The molecule has 1 fully saturated rings. The van der Waals surface area contributed by atoms with E-state index in [0.29, 0.717) is 47.1 Å². The normalized spacial score (nSPS) is 13.9. The summed E-state index contributed by atoms with van der Waals surface area (Å²) in [6.45, 7) is 1.10. The van der Waals surface area contributed by atoms with E-state index in [1.165, 1.54) is 11.3 Å². The van der Waals surface area contributed by atoms with E-state index in [9.17, 15) is 14.4 Å². The summed E-state index contributed by atoms with van der Waals surface area (Å²) in [6, 6.07) is 17.4. The summed E-state index contributed by atoms with van der Waals surface area (Å²) < 4.78 is 0. The first kappa shape index (κ1) is 22.8. The lowest BCUT2D eigenvalue weighted by atomic mass is 10.0. The summed E-state index contributed by atoms with van der Waals surface area (Å²) in [7, 11) is 0. The average Bonchev–Trinajstić information content (AvgIpc) is 3.37. The molecule has 0 atom stereocenters. The van der Waals surface area contributed by atoms with E-state index >= 15 is 0 Å². The van der Waals surface area contributed by atoms with Crippen molar-refractivity contribution >= 4 is 52.2 Å². The Morgan fingerprint density at radius 2 is 1.67 bits per heavy atom. The van der Waals surface area contributed by atoms with Gasteiger partial charge in [0.1, 0.15) is 0 Å². The van der Waals surface area contributed by atoms with Gasteiger partial charge in [-0.1, -0.05) is 35.9 Å². The number of thiophene rings is 1. The van der Waals surface area contributed by atoms with Gasteiger partial charge >= 0.3 is 6.03 Å². The van der Waals surface area contributed by atoms with Crippen molar-refractivity contribution in [3.63, 3.8) is 0 Å². The van der Waals surface area contributed by atoms with Crippen molar-refractivity contribution in [2.24, 2.45) is 0 Å². The number of amides is 4. The molecule has 1 saturated heterocycles. The van der Waals surface area contributed by atoms with Crippen molar-refractivity contribution in [3.05, 3.63) is 81.5 Å². The van der Waals surface area contributed by atoms with Crippen molar-refractivity contribution in [2.45, 2.75) is 18.9 Å². The van der Waals surface area contributed by atoms with Gasteiger partial charge in [0, 0.05) is 30.4 Å². The van der Waals surface area contributed by atoms with Crippen molar-refractivity contribution in [1.82, 2.24) is 10.2 Å². The van der Waals surface area contributed by atoms with Crippen LogP contribution in [0.15, 0.2) is 66.0 Å². The molecule has 9 heteroatoms. The second-order valence-electron chi connectivity index (χ2n) is 7.66. The summed E-state index contributed by atoms with van der Waals surface area (Å²) in [5.74, 6) is -0.518. The van der Waals surface area contributed by atoms with Crippen LogP contribution in [0.1, 0.15) is 32.9 Å². The van der Waals surface area contributed by atoms with Gasteiger partial charge in [0.05, 0.1) is 15.6 Å². The number of likely N-dealkylation sites (tertiary alicyclic amines) is 1. The van der Waals surface area contributed by atoms with E-state index in [1.54, 1.807) is 35.2 Å². The number of para-hydroxylation sites is 1. The van der Waals surface area contributed by atoms with Gasteiger partial charge < -0.3 is 20.9 Å². The molecule has 4 rings (SSSR count). The minimum Gasteiger partial charge on any atom is -0.349 e. The lowest BCUT2D eigenvalue weighted by Gasteiger charge is -2.32. The van der Waals surface area contributed by atoms with Gasteiger partial charge in [-0.15, -0.1) is 11.3 Å². The number of carbonyl (C=O) groups is 3. The molecule has 1 aromatic heterocycles. The molecule has 170 valence electrons. The Balaban J connectivity index is 1.31. The standard InChI is InChI=1S/C24H23ClN4O3S/c25-19-9-8-16(15-20(19)28-23(31)21-7-4-14-33-21)22(30)26-18-10-12-29(13-11-18)24(32)27-17-5-2-1-3-6-17/h1-9,14-15,18H,10-13H2,(H,26,30)(H,27,32)(H,28,31). The van der Waals surface area contributed by atoms with E-state index in [2.05, 4.69) is 16.0 Å². The monoisotopic (exact) mass is 482 g/mol. The molecule has 7 nitrogen and oxygen atoms in total. The van der Waals surface area contributed by atoms with Gasteiger partial charge in [0.25, 0.3) is 11.8 Å². The second kappa shape index (κ2) is 10.5. The predicted molar refractivity (Wildman–Crippen MR) is 131 cm³/mol. The second-order valence-corrected chi connectivity index (χ2v) is 9.01. The van der Waals surface area contributed by atoms with Gasteiger partial charge in [-0.05, 0) is 54.6 Å². The topological polar surface area (TPSA) is 90.5 Å². The summed E-state index contributed by atoms with van der Waals surface area (Å²) in [6.07, 6.45) is 1.31. The first-order chi connectivity index (χ1) is 16.0. The molecule has 2 aromatic carbocycles. The van der Waals surface area contributed by atoms with E-state index in [-0.39, 0.29) is 23.9 Å². The number of nitrogens with one attached hydrogen (secondary N) is 3. The first-order valence-corrected chi connectivity index (χ1v) is 11.8. The molecule has 2 heterocycles. The van der Waals surface area contributed by atoms with Gasteiger partial charge in [-0.3, -0.25) is 9.59 Å². The number of hydrogen-bond acceptors (Lipinski definition) is 4. The number of anilines is 2. The van der Waals surface area contributed by atoms with Crippen molar-refractivity contribution in [1.29, 1.82) is 0 Å². The Kier molecular flexibility index (Phi) is 7.26. The highest BCUT2D eigenvalue weighted by Gasteiger charge is 2.24. The summed E-state index contributed by atoms with van der Waals surface area (Å²) in [4.78, 5) is 39.9. The third-order valence-corrected chi connectivity index (χ3v) is 6.56. The fourth-order valence-electron chi connectivity index (χ4n) is 3.57. The minimum absolute atomic E-state index is 0.0434. The number of piperidine rings is 1. The zero-order valence-corrected chi connectivity index (χ0v) is 19.3. The number of rotatable bonds is 5. The molecule has 0 radical (unpaired) electrons. The number of hydrogen-bond donors (Lipinski definition) is 3. The van der Waals surface area contributed by atoms with Crippen LogP contribution in [0.2, 0.25) is 5.02 Å². The molecule has 4 amide bonds. The molecule has 0 bridgehead atoms. The van der Waals surface area contributed by atoms with E-state index < -0.39 is 0 Å². The molecule has 1 aliphatic rings. The number of carbonyl (C=O) groups excluding carboxylic acids is 3. The summed E-state index contributed by atoms with van der Waals surface area (Å²) in [5.41, 5.74) is 1.54.